The Morgan fingerprint density at radius 1 is 1.02 bits per heavy atom. The molecule has 5 N–H and O–H groups in total. The van der Waals surface area contributed by atoms with Gasteiger partial charge in [0.15, 0.2) is 23.1 Å². The number of halogens is 3. The summed E-state index contributed by atoms with van der Waals surface area (Å²) in [6, 6.07) is 18.4. The molecule has 1 aliphatic heterocycles. The highest BCUT2D eigenvalue weighted by Gasteiger charge is 2.51. The minimum absolute atomic E-state index is 0.0168. The Bertz CT molecular complexity index is 1890. The van der Waals surface area contributed by atoms with Crippen LogP contribution in [0.2, 0.25) is 0 Å². The Morgan fingerprint density at radius 2 is 1.71 bits per heavy atom. The molecule has 0 spiro atoms. The number of nitrogens with one attached hydrogen (secondary N) is 3. The molecular weight excluding hydrogens is 667 g/mol. The minimum Gasteiger partial charge on any atom is -0.451 e. The van der Waals surface area contributed by atoms with E-state index >= 15 is 0 Å². The normalized spacial score (nSPS) is 21.3. The summed E-state index contributed by atoms with van der Waals surface area (Å²) in [5.41, 5.74) is 3.34. The predicted molar refractivity (Wildman–Crippen MR) is 181 cm³/mol. The Labute approximate surface area is 290 Å². The van der Waals surface area contributed by atoms with Crippen molar-refractivity contribution in [2.45, 2.75) is 68.3 Å². The lowest BCUT2D eigenvalue weighted by atomic mass is 9.91. The maximum absolute atomic E-state index is 13.4. The second-order valence-electron chi connectivity index (χ2n) is 12.9. The van der Waals surface area contributed by atoms with Gasteiger partial charge in [-0.15, -0.1) is 0 Å². The number of esters is 1. The fourth-order valence-electron chi connectivity index (χ4n) is 6.98. The van der Waals surface area contributed by atoms with Crippen molar-refractivity contribution in [1.82, 2.24) is 34.6 Å². The molecule has 2 aromatic carbocycles. The number of aliphatic hydroxyl groups is 2. The van der Waals surface area contributed by atoms with Crippen molar-refractivity contribution in [3.05, 3.63) is 96.1 Å². The number of carbonyl (C=O) groups excluding carboxylic acids is 1. The van der Waals surface area contributed by atoms with Crippen molar-refractivity contribution in [3.8, 4) is 0 Å². The second kappa shape index (κ2) is 14.7. The number of carbonyl (C=O) groups is 1. The molecule has 4 atom stereocenters. The van der Waals surface area contributed by atoms with Gasteiger partial charge >= 0.3 is 12.1 Å². The summed E-state index contributed by atoms with van der Waals surface area (Å²) in [6.45, 7) is 1.76. The van der Waals surface area contributed by atoms with Crippen LogP contribution in [0.25, 0.3) is 11.2 Å². The van der Waals surface area contributed by atoms with Gasteiger partial charge in [0.05, 0.1) is 31.2 Å². The van der Waals surface area contributed by atoms with Gasteiger partial charge in [0.25, 0.3) is 0 Å². The first kappa shape index (κ1) is 34.4. The Morgan fingerprint density at radius 3 is 2.33 bits per heavy atom. The molecule has 2 aliphatic rings. The Kier molecular flexibility index (Phi) is 9.88. The molecule has 1 saturated heterocycles. The molecule has 4 heterocycles. The first-order valence-corrected chi connectivity index (χ1v) is 16.8. The zero-order valence-corrected chi connectivity index (χ0v) is 27.4. The first-order chi connectivity index (χ1) is 24.7. The van der Waals surface area contributed by atoms with Crippen molar-refractivity contribution in [1.29, 1.82) is 0 Å². The lowest BCUT2D eigenvalue weighted by Crippen LogP contribution is -2.39. The van der Waals surface area contributed by atoms with Crippen molar-refractivity contribution in [2.75, 3.05) is 30.3 Å². The van der Waals surface area contributed by atoms with Gasteiger partial charge < -0.3 is 35.5 Å². The quantitative estimate of drug-likeness (QED) is 0.127. The SMILES string of the molecule is O=C(O[C@H]1[C@@H](O)[C@H](n2cnc3c(NCC(c4ccccc4)c4ccccc4)nc(NC4CCNCC4)nc32)C[C@@H]1n1cc(CO)cn1)C(F)(F)F. The molecule has 268 valence electrons. The van der Waals surface area contributed by atoms with Crippen LogP contribution in [0.3, 0.4) is 0 Å². The molecule has 13 nitrogen and oxygen atoms in total. The minimum atomic E-state index is -5.27. The number of piperidine rings is 1. The topological polar surface area (TPSA) is 164 Å². The Balaban J connectivity index is 1.25. The molecule has 0 bridgehead atoms. The number of anilines is 2. The molecular formula is C35H38F3N9O4. The molecule has 1 saturated carbocycles. The van der Waals surface area contributed by atoms with Crippen LogP contribution in [-0.2, 0) is 16.1 Å². The highest BCUT2D eigenvalue weighted by atomic mass is 19.4. The fourth-order valence-corrected chi connectivity index (χ4v) is 6.98. The fraction of sp³-hybridized carbons (Fsp3) is 0.400. The van der Waals surface area contributed by atoms with E-state index in [2.05, 4.69) is 50.3 Å². The highest BCUT2D eigenvalue weighted by molar-refractivity contribution is 5.84. The maximum Gasteiger partial charge on any atom is 0.490 e. The number of alkyl halides is 3. The molecule has 5 aromatic rings. The molecule has 0 amide bonds. The van der Waals surface area contributed by atoms with Crippen molar-refractivity contribution < 1.29 is 32.9 Å². The monoisotopic (exact) mass is 705 g/mol. The number of nitrogens with zero attached hydrogens (tertiary/aromatic N) is 6. The average Bonchev–Trinajstić information content (AvgIpc) is 3.87. The lowest BCUT2D eigenvalue weighted by molar-refractivity contribution is -0.210. The van der Waals surface area contributed by atoms with E-state index in [0.29, 0.717) is 35.0 Å². The zero-order chi connectivity index (χ0) is 35.5. The van der Waals surface area contributed by atoms with Crippen LogP contribution in [0.4, 0.5) is 24.9 Å². The van der Waals surface area contributed by atoms with E-state index in [0.717, 1.165) is 37.1 Å². The largest absolute Gasteiger partial charge is 0.490 e. The van der Waals surface area contributed by atoms with Gasteiger partial charge in [-0.2, -0.15) is 28.2 Å². The van der Waals surface area contributed by atoms with Crippen LogP contribution in [0.15, 0.2) is 79.4 Å². The average molecular weight is 706 g/mol. The summed E-state index contributed by atoms with van der Waals surface area (Å²) < 4.78 is 47.9. The Hall–Kier alpha value is -5.06. The molecule has 0 radical (unpaired) electrons. The van der Waals surface area contributed by atoms with Crippen LogP contribution >= 0.6 is 0 Å². The number of imidazole rings is 1. The van der Waals surface area contributed by atoms with Crippen LogP contribution < -0.4 is 16.0 Å². The van der Waals surface area contributed by atoms with Gasteiger partial charge in [-0.05, 0) is 43.5 Å². The summed E-state index contributed by atoms with van der Waals surface area (Å²) in [5, 5.41) is 35.6. The smallest absolute Gasteiger partial charge is 0.451 e. The van der Waals surface area contributed by atoms with E-state index in [9.17, 15) is 28.2 Å². The molecule has 51 heavy (non-hydrogen) atoms. The summed E-state index contributed by atoms with van der Waals surface area (Å²) in [7, 11) is 0. The second-order valence-corrected chi connectivity index (χ2v) is 12.9. The van der Waals surface area contributed by atoms with Crippen LogP contribution in [-0.4, -0.2) is 89.5 Å². The number of fused-ring (bicyclic) bond motifs is 1. The first-order valence-electron chi connectivity index (χ1n) is 16.8. The molecule has 7 rings (SSSR count). The number of aromatic nitrogens is 6. The van der Waals surface area contributed by atoms with Gasteiger partial charge in [0, 0.05) is 30.3 Å². The third kappa shape index (κ3) is 7.38. The summed E-state index contributed by atoms with van der Waals surface area (Å²) >= 11 is 0. The number of aliphatic hydroxyl groups excluding tert-OH is 2. The summed E-state index contributed by atoms with van der Waals surface area (Å²) in [6.07, 6.45) is -2.49. The van der Waals surface area contributed by atoms with Crippen LogP contribution in [0.5, 0.6) is 0 Å². The highest BCUT2D eigenvalue weighted by Crippen LogP contribution is 2.42. The molecule has 1 aliphatic carbocycles. The third-order valence-corrected chi connectivity index (χ3v) is 9.57. The molecule has 3 aromatic heterocycles. The zero-order valence-electron chi connectivity index (χ0n) is 27.4. The van der Waals surface area contributed by atoms with Gasteiger partial charge in [-0.3, -0.25) is 4.68 Å². The lowest BCUT2D eigenvalue weighted by Gasteiger charge is -2.25. The number of benzene rings is 2. The van der Waals surface area contributed by atoms with E-state index < -0.39 is 36.4 Å². The standard InChI is InChI=1S/C35H38F3N9O4/c36-35(37,38)33(50)51-30-27(47-18-21(19-48)16-42-47)15-26(29(30)49)46-20-41-28-31(44-34(45-32(28)46)43-24-11-13-39-14-12-24)40-17-25(22-7-3-1-4-8-22)23-9-5-2-6-10-23/h1-10,16,18,20,24-27,29-30,39,48-49H,11-15,17,19H2,(H2,40,43,44,45)/t26-,27+,29+,30-/m1/s1. The van der Waals surface area contributed by atoms with Crippen molar-refractivity contribution in [2.24, 2.45) is 0 Å². The number of rotatable bonds is 11. The van der Waals surface area contributed by atoms with E-state index in [1.165, 1.54) is 23.4 Å². The van der Waals surface area contributed by atoms with Gasteiger partial charge in [0.1, 0.15) is 6.10 Å². The van der Waals surface area contributed by atoms with E-state index in [-0.39, 0.29) is 25.0 Å². The maximum atomic E-state index is 13.4. The third-order valence-electron chi connectivity index (χ3n) is 9.57. The van der Waals surface area contributed by atoms with Gasteiger partial charge in [0.2, 0.25) is 5.95 Å². The number of hydrogen-bond acceptors (Lipinski definition) is 11. The van der Waals surface area contributed by atoms with Crippen molar-refractivity contribution >= 4 is 28.9 Å². The van der Waals surface area contributed by atoms with E-state index in [1.807, 2.05) is 36.4 Å². The predicted octanol–water partition coefficient (Wildman–Crippen LogP) is 3.94. The number of hydrogen-bond donors (Lipinski definition) is 5. The summed E-state index contributed by atoms with van der Waals surface area (Å²) in [4.78, 5) is 26.3. The van der Waals surface area contributed by atoms with Crippen LogP contribution in [0.1, 0.15) is 54.0 Å². The van der Waals surface area contributed by atoms with Gasteiger partial charge in [-0.25, -0.2) is 9.78 Å². The number of ether oxygens (including phenoxy) is 1. The molecule has 2 fully saturated rings. The molecule has 0 unspecified atom stereocenters. The van der Waals surface area contributed by atoms with Gasteiger partial charge in [-0.1, -0.05) is 60.7 Å². The van der Waals surface area contributed by atoms with Crippen molar-refractivity contribution in [3.63, 3.8) is 0 Å². The van der Waals surface area contributed by atoms with E-state index in [4.69, 9.17) is 14.7 Å². The van der Waals surface area contributed by atoms with Crippen LogP contribution in [0, 0.1) is 0 Å². The summed E-state index contributed by atoms with van der Waals surface area (Å²) in [5.74, 6) is -1.69. The molecule has 16 heteroatoms. The van der Waals surface area contributed by atoms with E-state index in [1.54, 1.807) is 4.57 Å².